The molecule has 1 aliphatic heterocycles. The number of likely N-dealkylation sites (tertiary alicyclic amines) is 1. The van der Waals surface area contributed by atoms with E-state index in [9.17, 15) is 14.0 Å². The number of Topliss-reactive ketones (excluding diaryl/α,β-unsaturated/α-hetero) is 1. The Morgan fingerprint density at radius 3 is 2.55 bits per heavy atom. The Morgan fingerprint density at radius 1 is 1.32 bits per heavy atom. The van der Waals surface area contributed by atoms with Crippen molar-refractivity contribution in [3.05, 3.63) is 35.6 Å². The van der Waals surface area contributed by atoms with Gasteiger partial charge in [0.1, 0.15) is 17.2 Å². The van der Waals surface area contributed by atoms with E-state index >= 15 is 0 Å². The summed E-state index contributed by atoms with van der Waals surface area (Å²) in [6.07, 6.45) is 0.466. The highest BCUT2D eigenvalue weighted by Gasteiger charge is 2.32. The number of hydrogen-bond donors (Lipinski definition) is 0. The maximum atomic E-state index is 12.9. The first kappa shape index (κ1) is 16.5. The molecule has 22 heavy (non-hydrogen) atoms. The molecule has 120 valence electrons. The summed E-state index contributed by atoms with van der Waals surface area (Å²) in [7, 11) is 0. The average molecular weight is 307 g/mol. The Morgan fingerprint density at radius 2 is 1.95 bits per heavy atom. The van der Waals surface area contributed by atoms with Gasteiger partial charge in [-0.3, -0.25) is 4.79 Å². The summed E-state index contributed by atoms with van der Waals surface area (Å²) < 4.78 is 18.3. The molecule has 0 spiro atoms. The van der Waals surface area contributed by atoms with Crippen LogP contribution < -0.4 is 0 Å². The van der Waals surface area contributed by atoms with Crippen LogP contribution in [-0.4, -0.2) is 35.5 Å². The molecule has 0 bridgehead atoms. The van der Waals surface area contributed by atoms with Crippen LogP contribution in [0.4, 0.5) is 9.18 Å². The van der Waals surface area contributed by atoms with Gasteiger partial charge in [-0.25, -0.2) is 9.18 Å². The third-order valence-corrected chi connectivity index (χ3v) is 3.57. The largest absolute Gasteiger partial charge is 0.444 e. The third-order valence-electron chi connectivity index (χ3n) is 3.57. The summed E-state index contributed by atoms with van der Waals surface area (Å²) in [6.45, 7) is 6.20. The number of ether oxygens (including phenoxy) is 1. The summed E-state index contributed by atoms with van der Waals surface area (Å²) in [5, 5.41) is 0. The Bertz CT molecular complexity index is 548. The Balaban J connectivity index is 2.00. The van der Waals surface area contributed by atoms with Crippen molar-refractivity contribution in [2.24, 2.45) is 5.92 Å². The smallest absolute Gasteiger partial charge is 0.410 e. The van der Waals surface area contributed by atoms with Crippen LogP contribution in [0.3, 0.4) is 0 Å². The Labute approximate surface area is 130 Å². The fourth-order valence-corrected chi connectivity index (χ4v) is 2.48. The molecule has 0 aliphatic carbocycles. The number of halogens is 1. The van der Waals surface area contributed by atoms with Crippen LogP contribution in [0.25, 0.3) is 0 Å². The van der Waals surface area contributed by atoms with Crippen LogP contribution in [0.1, 0.15) is 32.8 Å². The molecule has 1 aromatic carbocycles. The molecule has 1 heterocycles. The number of amides is 1. The van der Waals surface area contributed by atoms with Crippen LogP contribution in [0.2, 0.25) is 0 Å². The van der Waals surface area contributed by atoms with Crippen molar-refractivity contribution in [1.29, 1.82) is 0 Å². The third kappa shape index (κ3) is 4.55. The van der Waals surface area contributed by atoms with Gasteiger partial charge >= 0.3 is 6.09 Å². The van der Waals surface area contributed by atoms with Crippen molar-refractivity contribution in [2.75, 3.05) is 13.1 Å². The molecule has 2 rings (SSSR count). The van der Waals surface area contributed by atoms with Gasteiger partial charge in [-0.15, -0.1) is 0 Å². The van der Waals surface area contributed by atoms with Gasteiger partial charge in [-0.1, -0.05) is 12.1 Å². The Hall–Kier alpha value is -1.91. The van der Waals surface area contributed by atoms with E-state index in [1.165, 1.54) is 12.1 Å². The van der Waals surface area contributed by atoms with E-state index in [0.717, 1.165) is 5.56 Å². The van der Waals surface area contributed by atoms with Crippen LogP contribution in [0, 0.1) is 11.7 Å². The van der Waals surface area contributed by atoms with E-state index in [0.29, 0.717) is 25.9 Å². The molecular formula is C17H22FNO3. The molecular weight excluding hydrogens is 285 g/mol. The molecule has 0 aromatic heterocycles. The lowest BCUT2D eigenvalue weighted by Gasteiger charge is -2.33. The molecule has 1 amide bonds. The van der Waals surface area contributed by atoms with Crippen molar-refractivity contribution in [2.45, 2.75) is 39.2 Å². The zero-order valence-corrected chi connectivity index (χ0v) is 13.3. The first-order valence-corrected chi connectivity index (χ1v) is 7.50. The van der Waals surface area contributed by atoms with E-state index in [1.54, 1.807) is 17.0 Å². The van der Waals surface area contributed by atoms with Gasteiger partial charge in [0.15, 0.2) is 0 Å². The van der Waals surface area contributed by atoms with Crippen LogP contribution in [0.5, 0.6) is 0 Å². The van der Waals surface area contributed by atoms with E-state index < -0.39 is 5.60 Å². The number of hydrogen-bond acceptors (Lipinski definition) is 3. The molecule has 1 fully saturated rings. The second-order valence-corrected chi connectivity index (χ2v) is 6.67. The maximum Gasteiger partial charge on any atom is 0.410 e. The molecule has 1 aliphatic rings. The van der Waals surface area contributed by atoms with Crippen molar-refractivity contribution in [3.63, 3.8) is 0 Å². The van der Waals surface area contributed by atoms with Gasteiger partial charge in [0.2, 0.25) is 0 Å². The van der Waals surface area contributed by atoms with Crippen molar-refractivity contribution in [3.8, 4) is 0 Å². The molecule has 4 nitrogen and oxygen atoms in total. The van der Waals surface area contributed by atoms with Crippen LogP contribution in [0.15, 0.2) is 24.3 Å². The minimum atomic E-state index is -0.551. The molecule has 1 aromatic rings. The molecule has 0 N–H and O–H groups in total. The molecule has 1 saturated heterocycles. The summed E-state index contributed by atoms with van der Waals surface area (Å²) in [6, 6.07) is 6.12. The highest BCUT2D eigenvalue weighted by Crippen LogP contribution is 2.20. The minimum absolute atomic E-state index is 0.143. The minimum Gasteiger partial charge on any atom is -0.444 e. The number of carbonyl (C=O) groups is 2. The van der Waals surface area contributed by atoms with Gasteiger partial charge in [0.05, 0.1) is 0 Å². The number of carbonyl (C=O) groups excluding carboxylic acids is 2. The van der Waals surface area contributed by atoms with Crippen LogP contribution >= 0.6 is 0 Å². The van der Waals surface area contributed by atoms with Gasteiger partial charge in [-0.05, 0) is 44.9 Å². The molecule has 0 saturated carbocycles. The molecule has 5 heteroatoms. The lowest BCUT2D eigenvalue weighted by atomic mass is 9.90. The van der Waals surface area contributed by atoms with E-state index in [-0.39, 0.29) is 23.6 Å². The normalized spacial score (nSPS) is 19.2. The summed E-state index contributed by atoms with van der Waals surface area (Å²) >= 11 is 0. The highest BCUT2D eigenvalue weighted by atomic mass is 19.1. The predicted molar refractivity (Wildman–Crippen MR) is 81.0 cm³/mol. The van der Waals surface area contributed by atoms with Gasteiger partial charge in [0, 0.05) is 25.4 Å². The summed E-state index contributed by atoms with van der Waals surface area (Å²) in [4.78, 5) is 25.8. The number of nitrogens with zero attached hydrogens (tertiary/aromatic N) is 1. The summed E-state index contributed by atoms with van der Waals surface area (Å²) in [5.41, 5.74) is 0.344. The molecule has 0 radical (unpaired) electrons. The van der Waals surface area contributed by atoms with Gasteiger partial charge < -0.3 is 9.64 Å². The first-order valence-electron chi connectivity index (χ1n) is 7.50. The number of benzene rings is 1. The molecule has 1 unspecified atom stereocenters. The predicted octanol–water partition coefficient (Wildman–Crippen LogP) is 3.19. The number of rotatable bonds is 2. The first-order chi connectivity index (χ1) is 10.2. The lowest BCUT2D eigenvalue weighted by Crippen LogP contribution is -2.46. The monoisotopic (exact) mass is 307 g/mol. The van der Waals surface area contributed by atoms with Crippen LogP contribution in [-0.2, 0) is 16.0 Å². The second kappa shape index (κ2) is 6.46. The number of piperidine rings is 1. The lowest BCUT2D eigenvalue weighted by molar-refractivity contribution is -0.125. The van der Waals surface area contributed by atoms with Crippen molar-refractivity contribution >= 4 is 11.9 Å². The van der Waals surface area contributed by atoms with E-state index in [2.05, 4.69) is 0 Å². The fourth-order valence-electron chi connectivity index (χ4n) is 2.48. The van der Waals surface area contributed by atoms with E-state index in [4.69, 9.17) is 4.74 Å². The van der Waals surface area contributed by atoms with Crippen molar-refractivity contribution in [1.82, 2.24) is 4.90 Å². The topological polar surface area (TPSA) is 46.6 Å². The number of ketones is 1. The summed E-state index contributed by atoms with van der Waals surface area (Å²) in [5.74, 6) is -0.412. The zero-order chi connectivity index (χ0) is 16.3. The van der Waals surface area contributed by atoms with Gasteiger partial charge in [0.25, 0.3) is 0 Å². The highest BCUT2D eigenvalue weighted by molar-refractivity contribution is 5.84. The Kier molecular flexibility index (Phi) is 4.84. The van der Waals surface area contributed by atoms with Crippen molar-refractivity contribution < 1.29 is 18.7 Å². The standard InChI is InChI=1S/C17H22FNO3/c1-17(2,3)22-16(21)19-9-8-15(20)13(11-19)10-12-4-6-14(18)7-5-12/h4-7,13H,8-11H2,1-3H3. The SMILES string of the molecule is CC(C)(C)OC(=O)N1CCC(=O)C(Cc2ccc(F)cc2)C1. The quantitative estimate of drug-likeness (QED) is 0.843. The van der Waals surface area contributed by atoms with Gasteiger partial charge in [-0.2, -0.15) is 0 Å². The zero-order valence-electron chi connectivity index (χ0n) is 13.3. The fraction of sp³-hybridized carbons (Fsp3) is 0.529. The molecule has 1 atom stereocenters. The second-order valence-electron chi connectivity index (χ2n) is 6.67. The maximum absolute atomic E-state index is 12.9. The van der Waals surface area contributed by atoms with E-state index in [1.807, 2.05) is 20.8 Å². The average Bonchev–Trinajstić information content (AvgIpc) is 2.41.